The maximum atomic E-state index is 12.6. The molecule has 2 aliphatic heterocycles. The topological polar surface area (TPSA) is 100 Å². The molecular formula is C30H49N5O3. The molecule has 1 aromatic carbocycles. The SMILES string of the molecule is CCCCN1CCCC(C(C=O)(CCCC)NC(N)=NCC2CCN(C(=O)COc3ccccc3)CC2)C1. The lowest BCUT2D eigenvalue weighted by Gasteiger charge is -2.43. The molecular weight excluding hydrogens is 478 g/mol. The van der Waals surface area contributed by atoms with Crippen molar-refractivity contribution in [3.05, 3.63) is 30.3 Å². The van der Waals surface area contributed by atoms with Gasteiger partial charge in [-0.05, 0) is 69.7 Å². The van der Waals surface area contributed by atoms with Gasteiger partial charge < -0.3 is 30.4 Å². The molecule has 0 aliphatic carbocycles. The summed E-state index contributed by atoms with van der Waals surface area (Å²) in [5, 5.41) is 3.41. The molecule has 3 N–H and O–H groups in total. The van der Waals surface area contributed by atoms with Gasteiger partial charge in [-0.3, -0.25) is 9.79 Å². The number of carbonyl (C=O) groups excluding carboxylic acids is 2. The van der Waals surface area contributed by atoms with Crippen LogP contribution in [-0.4, -0.2) is 79.4 Å². The second-order valence-corrected chi connectivity index (χ2v) is 11.0. The third-order valence-electron chi connectivity index (χ3n) is 8.17. The van der Waals surface area contributed by atoms with Gasteiger partial charge >= 0.3 is 0 Å². The molecule has 8 heteroatoms. The molecule has 38 heavy (non-hydrogen) atoms. The number of piperidine rings is 2. The number of ether oxygens (including phenoxy) is 1. The summed E-state index contributed by atoms with van der Waals surface area (Å²) < 4.78 is 5.62. The van der Waals surface area contributed by atoms with E-state index in [2.05, 4.69) is 29.1 Å². The van der Waals surface area contributed by atoms with Crippen LogP contribution >= 0.6 is 0 Å². The fraction of sp³-hybridized carbons (Fsp3) is 0.700. The lowest BCUT2D eigenvalue weighted by molar-refractivity contribution is -0.134. The first-order valence-electron chi connectivity index (χ1n) is 14.7. The monoisotopic (exact) mass is 527 g/mol. The van der Waals surface area contributed by atoms with Crippen LogP contribution < -0.4 is 15.8 Å². The number of likely N-dealkylation sites (tertiary alicyclic amines) is 2. The summed E-state index contributed by atoms with van der Waals surface area (Å²) in [7, 11) is 0. The normalized spacial score (nSPS) is 21.1. The van der Waals surface area contributed by atoms with E-state index in [0.717, 1.165) is 70.9 Å². The van der Waals surface area contributed by atoms with E-state index in [4.69, 9.17) is 10.5 Å². The Morgan fingerprint density at radius 1 is 1.13 bits per heavy atom. The number of para-hydroxylation sites is 1. The zero-order valence-electron chi connectivity index (χ0n) is 23.6. The van der Waals surface area contributed by atoms with Crippen molar-refractivity contribution in [2.24, 2.45) is 22.6 Å². The molecule has 0 spiro atoms. The Labute approximate surface area is 229 Å². The third-order valence-corrected chi connectivity index (χ3v) is 8.17. The van der Waals surface area contributed by atoms with Crippen molar-refractivity contribution in [3.8, 4) is 5.75 Å². The Morgan fingerprint density at radius 3 is 2.55 bits per heavy atom. The molecule has 8 nitrogen and oxygen atoms in total. The number of amides is 1. The molecule has 0 radical (unpaired) electrons. The van der Waals surface area contributed by atoms with Crippen LogP contribution in [0.2, 0.25) is 0 Å². The molecule has 0 saturated carbocycles. The minimum Gasteiger partial charge on any atom is -0.484 e. The highest BCUT2D eigenvalue weighted by Gasteiger charge is 2.41. The average Bonchev–Trinajstić information content (AvgIpc) is 2.97. The number of benzene rings is 1. The predicted octanol–water partition coefficient (Wildman–Crippen LogP) is 3.85. The van der Waals surface area contributed by atoms with E-state index in [9.17, 15) is 9.59 Å². The highest BCUT2D eigenvalue weighted by atomic mass is 16.5. The number of rotatable bonds is 14. The van der Waals surface area contributed by atoms with E-state index >= 15 is 0 Å². The van der Waals surface area contributed by atoms with Gasteiger partial charge in [0.05, 0.1) is 5.54 Å². The van der Waals surface area contributed by atoms with Gasteiger partial charge in [0.15, 0.2) is 12.6 Å². The summed E-state index contributed by atoms with van der Waals surface area (Å²) in [6.07, 6.45) is 10.2. The molecule has 1 aromatic rings. The van der Waals surface area contributed by atoms with Crippen LogP contribution in [0.15, 0.2) is 35.3 Å². The quantitative estimate of drug-likeness (QED) is 0.217. The Hall–Kier alpha value is -2.61. The summed E-state index contributed by atoms with van der Waals surface area (Å²) in [5.74, 6) is 1.70. The van der Waals surface area contributed by atoms with E-state index in [0.29, 0.717) is 37.3 Å². The smallest absolute Gasteiger partial charge is 0.260 e. The van der Waals surface area contributed by atoms with Gasteiger partial charge in [0, 0.05) is 32.1 Å². The van der Waals surface area contributed by atoms with E-state index in [1.807, 2.05) is 35.2 Å². The van der Waals surface area contributed by atoms with Crippen molar-refractivity contribution in [3.63, 3.8) is 0 Å². The highest BCUT2D eigenvalue weighted by Crippen LogP contribution is 2.30. The number of aliphatic imine (C=N–C) groups is 1. The van der Waals surface area contributed by atoms with E-state index in [1.54, 1.807) is 0 Å². The first-order valence-corrected chi connectivity index (χ1v) is 14.7. The van der Waals surface area contributed by atoms with Gasteiger partial charge in [-0.25, -0.2) is 0 Å². The van der Waals surface area contributed by atoms with Crippen molar-refractivity contribution in [1.82, 2.24) is 15.1 Å². The van der Waals surface area contributed by atoms with Crippen molar-refractivity contribution in [2.75, 3.05) is 45.9 Å². The van der Waals surface area contributed by atoms with Gasteiger partial charge in [-0.1, -0.05) is 51.3 Å². The molecule has 2 heterocycles. The number of carbonyl (C=O) groups is 2. The standard InChI is InChI=1S/C30H49N5O3/c1-3-5-16-30(24-36,26-11-10-18-34(22-26)17-6-4-2)33-29(31)32-21-25-14-19-35(20-15-25)28(37)23-38-27-12-8-7-9-13-27/h7-9,12-13,24-26H,3-6,10-11,14-23H2,1-2H3,(H3,31,32,33). The summed E-state index contributed by atoms with van der Waals surface area (Å²) in [6, 6.07) is 9.42. The third kappa shape index (κ3) is 9.00. The first-order chi connectivity index (χ1) is 18.5. The molecule has 2 unspecified atom stereocenters. The number of nitrogens with two attached hydrogens (primary N) is 1. The van der Waals surface area contributed by atoms with Crippen LogP contribution in [-0.2, 0) is 9.59 Å². The summed E-state index contributed by atoms with van der Waals surface area (Å²) >= 11 is 0. The molecule has 3 rings (SSSR count). The molecule has 0 aromatic heterocycles. The molecule has 2 fully saturated rings. The molecule has 2 atom stereocenters. The van der Waals surface area contributed by atoms with Crippen LogP contribution in [0.1, 0.15) is 71.6 Å². The van der Waals surface area contributed by atoms with Crippen LogP contribution in [0.5, 0.6) is 5.75 Å². The fourth-order valence-electron chi connectivity index (χ4n) is 5.71. The van der Waals surface area contributed by atoms with Crippen molar-refractivity contribution in [1.29, 1.82) is 0 Å². The second-order valence-electron chi connectivity index (χ2n) is 11.0. The number of hydrogen-bond donors (Lipinski definition) is 2. The van der Waals surface area contributed by atoms with E-state index < -0.39 is 5.54 Å². The van der Waals surface area contributed by atoms with Crippen LogP contribution in [0.4, 0.5) is 0 Å². The number of unbranched alkanes of at least 4 members (excludes halogenated alkanes) is 2. The van der Waals surface area contributed by atoms with Gasteiger partial charge in [0.25, 0.3) is 5.91 Å². The predicted molar refractivity (Wildman–Crippen MR) is 153 cm³/mol. The Bertz CT molecular complexity index is 872. The molecule has 2 saturated heterocycles. The number of hydrogen-bond acceptors (Lipinski definition) is 5. The Balaban J connectivity index is 1.50. The fourth-order valence-corrected chi connectivity index (χ4v) is 5.71. The molecule has 2 aliphatic rings. The minimum absolute atomic E-state index is 0.0177. The van der Waals surface area contributed by atoms with Crippen molar-refractivity contribution in [2.45, 2.75) is 77.2 Å². The average molecular weight is 528 g/mol. The first kappa shape index (κ1) is 29.9. The van der Waals surface area contributed by atoms with Crippen LogP contribution in [0, 0.1) is 11.8 Å². The summed E-state index contributed by atoms with van der Waals surface area (Å²) in [5.41, 5.74) is 5.74. The number of nitrogens with one attached hydrogen (secondary N) is 1. The van der Waals surface area contributed by atoms with Gasteiger partial charge in [-0.2, -0.15) is 0 Å². The molecule has 212 valence electrons. The highest BCUT2D eigenvalue weighted by molar-refractivity contribution is 5.83. The summed E-state index contributed by atoms with van der Waals surface area (Å²) in [6.45, 7) is 9.60. The van der Waals surface area contributed by atoms with Crippen molar-refractivity contribution < 1.29 is 14.3 Å². The zero-order valence-corrected chi connectivity index (χ0v) is 23.6. The lowest BCUT2D eigenvalue weighted by Crippen LogP contribution is -2.60. The van der Waals surface area contributed by atoms with Gasteiger partial charge in [-0.15, -0.1) is 0 Å². The second kappa shape index (κ2) is 15.7. The Morgan fingerprint density at radius 2 is 1.87 bits per heavy atom. The van der Waals surface area contributed by atoms with Gasteiger partial charge in [0.1, 0.15) is 12.0 Å². The maximum absolute atomic E-state index is 12.6. The number of aldehydes is 1. The maximum Gasteiger partial charge on any atom is 0.260 e. The zero-order chi connectivity index (χ0) is 27.2. The summed E-state index contributed by atoms with van der Waals surface area (Å²) in [4.78, 5) is 34.2. The largest absolute Gasteiger partial charge is 0.484 e. The minimum atomic E-state index is -0.664. The molecule has 0 bridgehead atoms. The Kier molecular flexibility index (Phi) is 12.4. The number of nitrogens with zero attached hydrogens (tertiary/aromatic N) is 3. The molecule has 1 amide bonds. The van der Waals surface area contributed by atoms with Crippen LogP contribution in [0.25, 0.3) is 0 Å². The van der Waals surface area contributed by atoms with Crippen molar-refractivity contribution >= 4 is 18.2 Å². The van der Waals surface area contributed by atoms with Crippen LogP contribution in [0.3, 0.4) is 0 Å². The number of guanidine groups is 1. The van der Waals surface area contributed by atoms with E-state index in [1.165, 1.54) is 12.8 Å². The lowest BCUT2D eigenvalue weighted by atomic mass is 9.76. The van der Waals surface area contributed by atoms with E-state index in [-0.39, 0.29) is 18.4 Å². The van der Waals surface area contributed by atoms with Gasteiger partial charge in [0.2, 0.25) is 0 Å².